The minimum absolute atomic E-state index is 0.172. The second-order valence-electron chi connectivity index (χ2n) is 6.77. The molecular formula is C16H26O8S. The molecule has 2 aliphatic carbocycles. The van der Waals surface area contributed by atoms with Crippen LogP contribution in [0.25, 0.3) is 0 Å². The summed E-state index contributed by atoms with van der Waals surface area (Å²) in [7, 11) is -1.92. The van der Waals surface area contributed by atoms with E-state index in [0.717, 1.165) is 6.42 Å². The topological polar surface area (TPSA) is 116 Å². The Labute approximate surface area is 147 Å². The van der Waals surface area contributed by atoms with Gasteiger partial charge in [-0.1, -0.05) is 6.42 Å². The molecule has 0 saturated heterocycles. The zero-order valence-electron chi connectivity index (χ0n) is 14.6. The van der Waals surface area contributed by atoms with Crippen molar-refractivity contribution in [3.05, 3.63) is 0 Å². The summed E-state index contributed by atoms with van der Waals surface area (Å²) in [5, 5.41) is 0. The van der Waals surface area contributed by atoms with E-state index in [1.165, 1.54) is 14.2 Å². The molecule has 0 heterocycles. The van der Waals surface area contributed by atoms with Crippen molar-refractivity contribution in [2.75, 3.05) is 14.2 Å². The van der Waals surface area contributed by atoms with E-state index in [4.69, 9.17) is 14.2 Å². The van der Waals surface area contributed by atoms with Crippen LogP contribution < -0.4 is 0 Å². The van der Waals surface area contributed by atoms with Crippen LogP contribution in [0.5, 0.6) is 0 Å². The lowest BCUT2D eigenvalue weighted by molar-refractivity contribution is -0.166. The van der Waals surface area contributed by atoms with Gasteiger partial charge in [-0.2, -0.15) is 8.42 Å². The zero-order chi connectivity index (χ0) is 18.7. The van der Waals surface area contributed by atoms with Gasteiger partial charge in [-0.05, 0) is 44.9 Å². The number of carbonyl (C=O) groups excluding carboxylic acids is 2. The second kappa shape index (κ2) is 8.01. The predicted octanol–water partition coefficient (Wildman–Crippen LogP) is 1.68. The highest BCUT2D eigenvalue weighted by molar-refractivity contribution is 7.87. The lowest BCUT2D eigenvalue weighted by Gasteiger charge is -2.41. The first-order chi connectivity index (χ1) is 11.7. The van der Waals surface area contributed by atoms with Crippen molar-refractivity contribution >= 4 is 22.1 Å². The summed E-state index contributed by atoms with van der Waals surface area (Å²) in [4.78, 5) is 22.3. The van der Waals surface area contributed by atoms with Gasteiger partial charge >= 0.3 is 11.9 Å². The van der Waals surface area contributed by atoms with Crippen molar-refractivity contribution in [1.29, 1.82) is 0 Å². The molecule has 9 heteroatoms. The third kappa shape index (κ3) is 4.32. The van der Waals surface area contributed by atoms with Gasteiger partial charge in [-0.3, -0.25) is 14.1 Å². The van der Waals surface area contributed by atoms with Gasteiger partial charge in [0.05, 0.1) is 32.2 Å². The van der Waals surface area contributed by atoms with Crippen molar-refractivity contribution in [2.24, 2.45) is 11.8 Å². The quantitative estimate of drug-likeness (QED) is 0.567. The van der Waals surface area contributed by atoms with E-state index in [1.54, 1.807) is 0 Å². The van der Waals surface area contributed by atoms with Crippen LogP contribution in [0.15, 0.2) is 0 Å². The van der Waals surface area contributed by atoms with Gasteiger partial charge < -0.3 is 14.2 Å². The van der Waals surface area contributed by atoms with E-state index in [-0.39, 0.29) is 19.3 Å². The fourth-order valence-electron chi connectivity index (χ4n) is 3.87. The Morgan fingerprint density at radius 2 is 1.60 bits per heavy atom. The molecule has 8 nitrogen and oxygen atoms in total. The molecule has 2 fully saturated rings. The van der Waals surface area contributed by atoms with E-state index in [0.29, 0.717) is 25.7 Å². The monoisotopic (exact) mass is 378 g/mol. The Kier molecular flexibility index (Phi) is 6.45. The summed E-state index contributed by atoms with van der Waals surface area (Å²) in [6, 6.07) is 0. The normalized spacial score (nSPS) is 29.6. The minimum Gasteiger partial charge on any atom is -0.469 e. The number of ether oxygens (including phenoxy) is 3. The van der Waals surface area contributed by atoms with Crippen LogP contribution in [0.1, 0.15) is 51.4 Å². The van der Waals surface area contributed by atoms with Crippen LogP contribution in [-0.4, -0.2) is 50.2 Å². The van der Waals surface area contributed by atoms with Crippen molar-refractivity contribution in [2.45, 2.75) is 62.4 Å². The van der Waals surface area contributed by atoms with E-state index < -0.39 is 44.9 Å². The average molecular weight is 378 g/mol. The predicted molar refractivity (Wildman–Crippen MR) is 87.1 cm³/mol. The highest BCUT2D eigenvalue weighted by Crippen LogP contribution is 2.41. The highest BCUT2D eigenvalue weighted by atomic mass is 32.2. The number of hydrogen-bond acceptors (Lipinski definition) is 7. The fraction of sp³-hybridized carbons (Fsp3) is 0.875. The average Bonchev–Trinajstić information content (AvgIpc) is 2.60. The first kappa shape index (κ1) is 20.1. The van der Waals surface area contributed by atoms with Crippen molar-refractivity contribution in [3.8, 4) is 0 Å². The first-order valence-corrected chi connectivity index (χ1v) is 9.98. The molecule has 0 bridgehead atoms. The number of carbonyl (C=O) groups is 2. The third-order valence-electron chi connectivity index (χ3n) is 5.28. The van der Waals surface area contributed by atoms with Crippen LogP contribution in [0.3, 0.4) is 0 Å². The van der Waals surface area contributed by atoms with Gasteiger partial charge in [0, 0.05) is 0 Å². The molecule has 25 heavy (non-hydrogen) atoms. The van der Waals surface area contributed by atoms with Crippen molar-refractivity contribution in [1.82, 2.24) is 0 Å². The highest BCUT2D eigenvalue weighted by Gasteiger charge is 2.50. The Balaban J connectivity index is 2.23. The van der Waals surface area contributed by atoms with Crippen LogP contribution in [0, 0.1) is 11.8 Å². The molecule has 2 aliphatic rings. The molecule has 0 aromatic heterocycles. The van der Waals surface area contributed by atoms with Gasteiger partial charge in [-0.15, -0.1) is 0 Å². The number of methoxy groups -OCH3 is 2. The van der Waals surface area contributed by atoms with E-state index in [1.807, 2.05) is 0 Å². The van der Waals surface area contributed by atoms with Gasteiger partial charge in [0.2, 0.25) is 0 Å². The number of rotatable bonds is 5. The zero-order valence-corrected chi connectivity index (χ0v) is 15.4. The lowest BCUT2D eigenvalue weighted by Crippen LogP contribution is -2.50. The molecule has 3 unspecified atom stereocenters. The van der Waals surface area contributed by atoms with Gasteiger partial charge in [0.1, 0.15) is 0 Å². The smallest absolute Gasteiger partial charge is 0.311 e. The summed E-state index contributed by atoms with van der Waals surface area (Å²) < 4.78 is 49.2. The Bertz CT molecular complexity index is 593. The van der Waals surface area contributed by atoms with Crippen molar-refractivity contribution in [3.63, 3.8) is 0 Å². The van der Waals surface area contributed by atoms with E-state index >= 15 is 0 Å². The summed E-state index contributed by atoms with van der Waals surface area (Å²) in [5.74, 6) is -2.19. The van der Waals surface area contributed by atoms with Crippen molar-refractivity contribution < 1.29 is 36.8 Å². The van der Waals surface area contributed by atoms with E-state index in [2.05, 4.69) is 0 Å². The van der Waals surface area contributed by atoms with Crippen LogP contribution in [0.4, 0.5) is 0 Å². The fourth-order valence-corrected chi connectivity index (χ4v) is 4.92. The Morgan fingerprint density at radius 3 is 2.12 bits per heavy atom. The van der Waals surface area contributed by atoms with Crippen LogP contribution >= 0.6 is 0 Å². The number of esters is 2. The number of hydrogen-bond donors (Lipinski definition) is 1. The maximum Gasteiger partial charge on any atom is 0.311 e. The maximum absolute atomic E-state index is 12.2. The van der Waals surface area contributed by atoms with Gasteiger partial charge in [0.15, 0.2) is 4.93 Å². The summed E-state index contributed by atoms with van der Waals surface area (Å²) >= 11 is 0. The van der Waals surface area contributed by atoms with Gasteiger partial charge in [0.25, 0.3) is 10.1 Å². The minimum atomic E-state index is -4.44. The molecule has 0 aliphatic heterocycles. The standard InChI is InChI=1S/C16H26O8S/c1-22-14(17)11-6-7-13(12(10-11)15(18)23-2)24-16(25(19,20)21)8-4-3-5-9-16/h11-13H,3-10H2,1-2H3,(H,19,20,21). The summed E-state index contributed by atoms with van der Waals surface area (Å²) in [6.07, 6.45) is 2.69. The summed E-state index contributed by atoms with van der Waals surface area (Å²) in [6.45, 7) is 0. The molecule has 2 saturated carbocycles. The first-order valence-electron chi connectivity index (χ1n) is 8.54. The molecule has 0 spiro atoms. The molecular weight excluding hydrogens is 352 g/mol. The van der Waals surface area contributed by atoms with E-state index in [9.17, 15) is 22.6 Å². The van der Waals surface area contributed by atoms with Crippen LogP contribution in [-0.2, 0) is 33.9 Å². The molecule has 2 rings (SSSR count). The molecule has 0 radical (unpaired) electrons. The largest absolute Gasteiger partial charge is 0.469 e. The molecule has 1 N–H and O–H groups in total. The Hall–Kier alpha value is -1.19. The molecule has 0 amide bonds. The molecule has 3 atom stereocenters. The SMILES string of the molecule is COC(=O)C1CCC(OC2(S(=O)(=O)O)CCCCC2)C(C(=O)OC)C1. The molecule has 0 aromatic rings. The third-order valence-corrected chi connectivity index (χ3v) is 6.72. The molecule has 0 aromatic carbocycles. The molecule has 144 valence electrons. The lowest BCUT2D eigenvalue weighted by atomic mass is 9.79. The summed E-state index contributed by atoms with van der Waals surface area (Å²) in [5.41, 5.74) is 0. The maximum atomic E-state index is 12.2. The second-order valence-corrected chi connectivity index (χ2v) is 8.46. The Morgan fingerprint density at radius 1 is 1.00 bits per heavy atom. The van der Waals surface area contributed by atoms with Crippen LogP contribution in [0.2, 0.25) is 0 Å². The van der Waals surface area contributed by atoms with Gasteiger partial charge in [-0.25, -0.2) is 0 Å².